The molecule has 11 nitrogen and oxygen atoms in total. The molecule has 4 aromatic rings. The largest absolute Gasteiger partial charge is 0.495 e. The average Bonchev–Trinajstić information content (AvgIpc) is 2.99. The lowest BCUT2D eigenvalue weighted by molar-refractivity contribution is 0.245. The van der Waals surface area contributed by atoms with Crippen molar-refractivity contribution in [2.24, 2.45) is 5.73 Å². The van der Waals surface area contributed by atoms with Crippen LogP contribution in [0.4, 0.5) is 16.2 Å². The fourth-order valence-corrected chi connectivity index (χ4v) is 5.07. The van der Waals surface area contributed by atoms with E-state index >= 15 is 0 Å². The Kier molecular flexibility index (Phi) is 10.1. The number of carbonyl (C=O) groups excluding carboxylic acids is 1. The molecular weight excluding hydrogens is 572 g/mol. The van der Waals surface area contributed by atoms with E-state index in [9.17, 15) is 18.0 Å². The Morgan fingerprint density at radius 2 is 1.63 bits per heavy atom. The third-order valence-electron chi connectivity index (χ3n) is 7.15. The summed E-state index contributed by atoms with van der Waals surface area (Å²) in [7, 11) is -1.98. The van der Waals surface area contributed by atoms with Crippen molar-refractivity contribution in [1.29, 1.82) is 0 Å². The maximum Gasteiger partial charge on any atom is 0.319 e. The number of anilines is 2. The Balaban J connectivity index is 0.000000782. The Morgan fingerprint density at radius 3 is 2.26 bits per heavy atom. The van der Waals surface area contributed by atoms with Crippen LogP contribution >= 0.6 is 0 Å². The van der Waals surface area contributed by atoms with Crippen molar-refractivity contribution in [3.63, 3.8) is 0 Å². The number of nitrogens with two attached hydrogens (primary N) is 1. The number of hydrogen-bond acceptors (Lipinski definition) is 8. The van der Waals surface area contributed by atoms with E-state index in [1.54, 1.807) is 32.2 Å². The number of rotatable bonds is 7. The SMILES string of the molecule is COc1ccccc1N1CCN(CCN(C(N)=O)c2cccc3c(=O)c(C)c(-c4ccccc4)oc23)CC1.CS(=O)(=O)O. The van der Waals surface area contributed by atoms with E-state index < -0.39 is 16.1 Å². The molecule has 1 aliphatic rings. The first-order valence-corrected chi connectivity index (χ1v) is 15.5. The molecular formula is C31H36N4O7S. The number of carbonyl (C=O) groups is 1. The van der Waals surface area contributed by atoms with Crippen LogP contribution in [0.25, 0.3) is 22.3 Å². The minimum Gasteiger partial charge on any atom is -0.495 e. The van der Waals surface area contributed by atoms with Crippen LogP contribution in [-0.2, 0) is 10.1 Å². The van der Waals surface area contributed by atoms with E-state index in [1.807, 2.05) is 48.5 Å². The summed E-state index contributed by atoms with van der Waals surface area (Å²) in [5.41, 5.74) is 9.00. The van der Waals surface area contributed by atoms with Crippen molar-refractivity contribution >= 4 is 38.5 Å². The molecule has 5 rings (SSSR count). The second kappa shape index (κ2) is 13.7. The van der Waals surface area contributed by atoms with Crippen molar-refractivity contribution in [1.82, 2.24) is 4.90 Å². The summed E-state index contributed by atoms with van der Waals surface area (Å²) in [4.78, 5) is 32.0. The molecule has 1 fully saturated rings. The number of primary amides is 1. The van der Waals surface area contributed by atoms with Gasteiger partial charge < -0.3 is 19.8 Å². The number of amides is 2. The highest BCUT2D eigenvalue weighted by Gasteiger charge is 2.24. The van der Waals surface area contributed by atoms with Gasteiger partial charge in [-0.05, 0) is 31.2 Å². The maximum absolute atomic E-state index is 13.2. The number of hydrogen-bond donors (Lipinski definition) is 2. The summed E-state index contributed by atoms with van der Waals surface area (Å²) < 4.78 is 37.7. The van der Waals surface area contributed by atoms with Crippen LogP contribution in [0.5, 0.6) is 5.75 Å². The predicted molar refractivity (Wildman–Crippen MR) is 169 cm³/mol. The fraction of sp³-hybridized carbons (Fsp3) is 0.290. The molecule has 43 heavy (non-hydrogen) atoms. The lowest BCUT2D eigenvalue weighted by Gasteiger charge is -2.37. The molecule has 1 aliphatic heterocycles. The van der Waals surface area contributed by atoms with Gasteiger partial charge in [-0.1, -0.05) is 48.5 Å². The third kappa shape index (κ3) is 7.92. The number of nitrogens with zero attached hydrogens (tertiary/aromatic N) is 3. The molecule has 0 bridgehead atoms. The molecule has 0 unspecified atom stereocenters. The highest BCUT2D eigenvalue weighted by Crippen LogP contribution is 2.32. The van der Waals surface area contributed by atoms with Crippen molar-refractivity contribution < 1.29 is 26.9 Å². The second-order valence-electron chi connectivity index (χ2n) is 10.1. The van der Waals surface area contributed by atoms with Crippen molar-refractivity contribution in [3.8, 4) is 17.1 Å². The van der Waals surface area contributed by atoms with E-state index in [4.69, 9.17) is 19.4 Å². The van der Waals surface area contributed by atoms with E-state index in [1.165, 1.54) is 4.90 Å². The van der Waals surface area contributed by atoms with Crippen LogP contribution in [0.15, 0.2) is 82.0 Å². The van der Waals surface area contributed by atoms with Gasteiger partial charge in [0.15, 0.2) is 11.0 Å². The Hall–Kier alpha value is -4.39. The molecule has 3 N–H and O–H groups in total. The first-order chi connectivity index (χ1) is 20.5. The summed E-state index contributed by atoms with van der Waals surface area (Å²) in [6, 6.07) is 22.2. The summed E-state index contributed by atoms with van der Waals surface area (Å²) >= 11 is 0. The number of piperazine rings is 1. The van der Waals surface area contributed by atoms with Gasteiger partial charge in [0.2, 0.25) is 0 Å². The number of fused-ring (bicyclic) bond motifs is 1. The van der Waals surface area contributed by atoms with Crippen LogP contribution in [0.1, 0.15) is 5.56 Å². The van der Waals surface area contributed by atoms with Gasteiger partial charge in [-0.3, -0.25) is 19.1 Å². The molecule has 228 valence electrons. The van der Waals surface area contributed by atoms with Crippen LogP contribution in [0.3, 0.4) is 0 Å². The van der Waals surface area contributed by atoms with Crippen LogP contribution in [-0.4, -0.2) is 76.5 Å². The van der Waals surface area contributed by atoms with Crippen molar-refractivity contribution in [2.75, 3.05) is 62.4 Å². The first-order valence-electron chi connectivity index (χ1n) is 13.7. The Morgan fingerprint density at radius 1 is 1.00 bits per heavy atom. The monoisotopic (exact) mass is 608 g/mol. The van der Waals surface area contributed by atoms with Gasteiger partial charge in [-0.15, -0.1) is 0 Å². The zero-order chi connectivity index (χ0) is 31.1. The number of urea groups is 1. The minimum atomic E-state index is -3.67. The fourth-order valence-electron chi connectivity index (χ4n) is 5.07. The molecule has 3 aromatic carbocycles. The molecule has 0 spiro atoms. The number of methoxy groups -OCH3 is 1. The van der Waals surface area contributed by atoms with E-state index in [0.717, 1.165) is 43.2 Å². The Bertz CT molecular complexity index is 1730. The highest BCUT2D eigenvalue weighted by molar-refractivity contribution is 7.85. The molecule has 0 atom stereocenters. The van der Waals surface area contributed by atoms with Crippen molar-refractivity contribution in [2.45, 2.75) is 6.92 Å². The quantitative estimate of drug-likeness (QED) is 0.297. The lowest BCUT2D eigenvalue weighted by atomic mass is 10.1. The summed E-state index contributed by atoms with van der Waals surface area (Å²) in [5, 5.41) is 0.427. The van der Waals surface area contributed by atoms with Gasteiger partial charge in [0.25, 0.3) is 10.1 Å². The van der Waals surface area contributed by atoms with Gasteiger partial charge in [0.1, 0.15) is 11.5 Å². The average molecular weight is 609 g/mol. The number of benzene rings is 3. The maximum atomic E-state index is 13.2. The van der Waals surface area contributed by atoms with Gasteiger partial charge in [0.05, 0.1) is 30.1 Å². The van der Waals surface area contributed by atoms with Crippen LogP contribution in [0.2, 0.25) is 0 Å². The zero-order valence-electron chi connectivity index (χ0n) is 24.4. The molecule has 0 saturated carbocycles. The zero-order valence-corrected chi connectivity index (χ0v) is 25.2. The highest BCUT2D eigenvalue weighted by atomic mass is 32.2. The normalized spacial score (nSPS) is 13.7. The Labute approximate surface area is 250 Å². The topological polar surface area (TPSA) is 147 Å². The van der Waals surface area contributed by atoms with E-state index in [0.29, 0.717) is 47.3 Å². The molecule has 2 heterocycles. The smallest absolute Gasteiger partial charge is 0.319 e. The second-order valence-corrected chi connectivity index (χ2v) is 11.6. The number of para-hydroxylation sites is 3. The van der Waals surface area contributed by atoms with Gasteiger partial charge >= 0.3 is 6.03 Å². The van der Waals surface area contributed by atoms with Gasteiger partial charge in [0, 0.05) is 50.4 Å². The summed E-state index contributed by atoms with van der Waals surface area (Å²) in [5.74, 6) is 1.36. The molecule has 1 saturated heterocycles. The molecule has 0 aliphatic carbocycles. The summed E-state index contributed by atoms with van der Waals surface area (Å²) in [6.45, 7) is 6.15. The van der Waals surface area contributed by atoms with Gasteiger partial charge in [-0.25, -0.2) is 4.79 Å². The summed E-state index contributed by atoms with van der Waals surface area (Å²) in [6.07, 6.45) is 0.715. The molecule has 2 amide bonds. The molecule has 12 heteroatoms. The van der Waals surface area contributed by atoms with E-state index in [2.05, 4.69) is 15.9 Å². The third-order valence-corrected chi connectivity index (χ3v) is 7.15. The van der Waals surface area contributed by atoms with Gasteiger partial charge in [-0.2, -0.15) is 8.42 Å². The van der Waals surface area contributed by atoms with Crippen LogP contribution < -0.4 is 25.7 Å². The van der Waals surface area contributed by atoms with Crippen LogP contribution in [0, 0.1) is 6.92 Å². The predicted octanol–water partition coefficient (Wildman–Crippen LogP) is 3.99. The molecule has 1 aromatic heterocycles. The van der Waals surface area contributed by atoms with E-state index in [-0.39, 0.29) is 5.43 Å². The standard InChI is InChI=1S/C30H32N4O4.CH4O3S/c1-21-27(35)23-11-8-13-25(29(23)38-28(21)22-9-4-3-5-10-22)34(30(31)36)20-17-32-15-18-33(19-16-32)24-12-6-7-14-26(24)37-2;1-5(2,3)4/h3-14H,15-20H2,1-2H3,(H2,31,36);1H3,(H,2,3,4). The first kappa shape index (κ1) is 31.5. The van der Waals surface area contributed by atoms with Crippen molar-refractivity contribution in [3.05, 3.63) is 88.6 Å². The minimum absolute atomic E-state index is 0.121. The molecule has 0 radical (unpaired) electrons. The lowest BCUT2D eigenvalue weighted by Crippen LogP contribution is -2.49. The number of ether oxygens (including phenoxy) is 1.